The fourth-order valence-electron chi connectivity index (χ4n) is 1.97. The predicted octanol–water partition coefficient (Wildman–Crippen LogP) is 2.08. The van der Waals surface area contributed by atoms with Gasteiger partial charge in [0.2, 0.25) is 0 Å². The molecule has 18 heavy (non-hydrogen) atoms. The second-order valence-corrected chi connectivity index (χ2v) is 5.12. The first-order valence-corrected chi connectivity index (χ1v) is 6.73. The van der Waals surface area contributed by atoms with Gasteiger partial charge in [0.15, 0.2) is 0 Å². The van der Waals surface area contributed by atoms with E-state index in [1.165, 1.54) is 6.07 Å². The normalized spacial score (nSPS) is 19.8. The summed E-state index contributed by atoms with van der Waals surface area (Å²) in [7, 11) is 0. The second-order valence-electron chi connectivity index (χ2n) is 4.33. The molecule has 98 valence electrons. The van der Waals surface area contributed by atoms with Crippen molar-refractivity contribution >= 4 is 21.7 Å². The molecule has 1 aromatic rings. The molecule has 1 N–H and O–H groups in total. The van der Waals surface area contributed by atoms with Crippen LogP contribution in [0.15, 0.2) is 22.7 Å². The van der Waals surface area contributed by atoms with Crippen molar-refractivity contribution < 1.29 is 13.9 Å². The van der Waals surface area contributed by atoms with Gasteiger partial charge in [-0.05, 0) is 27.6 Å². The van der Waals surface area contributed by atoms with Gasteiger partial charge in [-0.1, -0.05) is 12.1 Å². The number of Topliss-reactive ketones (excluding diaryl/α,β-unsaturated/α-hetero) is 1. The highest BCUT2D eigenvalue weighted by Crippen LogP contribution is 2.21. The van der Waals surface area contributed by atoms with Crippen LogP contribution < -0.4 is 5.32 Å². The topological polar surface area (TPSA) is 38.3 Å². The molecule has 1 unspecified atom stereocenters. The van der Waals surface area contributed by atoms with Gasteiger partial charge in [-0.2, -0.15) is 0 Å². The van der Waals surface area contributed by atoms with Crippen molar-refractivity contribution in [1.82, 2.24) is 5.32 Å². The van der Waals surface area contributed by atoms with E-state index in [9.17, 15) is 9.18 Å². The van der Waals surface area contributed by atoms with E-state index in [-0.39, 0.29) is 24.1 Å². The van der Waals surface area contributed by atoms with Crippen LogP contribution in [0.5, 0.6) is 0 Å². The quantitative estimate of drug-likeness (QED) is 0.924. The SMILES string of the molecule is O=C(Cc1cccc(F)c1Br)CC1CNCCO1. The van der Waals surface area contributed by atoms with Crippen LogP contribution in [0.4, 0.5) is 4.39 Å². The average molecular weight is 316 g/mol. The number of ketones is 1. The predicted molar refractivity (Wildman–Crippen MR) is 70.0 cm³/mol. The molecule has 1 aliphatic heterocycles. The van der Waals surface area contributed by atoms with Gasteiger partial charge >= 0.3 is 0 Å². The maximum Gasteiger partial charge on any atom is 0.139 e. The highest BCUT2D eigenvalue weighted by Gasteiger charge is 2.18. The van der Waals surface area contributed by atoms with Gasteiger partial charge in [0, 0.05) is 25.9 Å². The van der Waals surface area contributed by atoms with Crippen LogP contribution in [0.1, 0.15) is 12.0 Å². The van der Waals surface area contributed by atoms with Gasteiger partial charge < -0.3 is 10.1 Å². The first kappa shape index (κ1) is 13.6. The number of ether oxygens (including phenoxy) is 1. The van der Waals surface area contributed by atoms with E-state index in [0.717, 1.165) is 6.54 Å². The van der Waals surface area contributed by atoms with Crippen LogP contribution in [0.25, 0.3) is 0 Å². The minimum Gasteiger partial charge on any atom is -0.375 e. The average Bonchev–Trinajstić information content (AvgIpc) is 2.36. The van der Waals surface area contributed by atoms with E-state index in [4.69, 9.17) is 4.74 Å². The first-order valence-electron chi connectivity index (χ1n) is 5.93. The molecule has 1 aromatic carbocycles. The Bertz CT molecular complexity index is 433. The smallest absolute Gasteiger partial charge is 0.139 e. The molecule has 1 heterocycles. The summed E-state index contributed by atoms with van der Waals surface area (Å²) >= 11 is 3.16. The molecule has 0 spiro atoms. The monoisotopic (exact) mass is 315 g/mol. The molecule has 0 amide bonds. The minimum absolute atomic E-state index is 0.0569. The summed E-state index contributed by atoms with van der Waals surface area (Å²) in [5, 5.41) is 3.18. The molecule has 0 radical (unpaired) electrons. The van der Waals surface area contributed by atoms with Crippen molar-refractivity contribution in [2.24, 2.45) is 0 Å². The molecule has 3 nitrogen and oxygen atoms in total. The summed E-state index contributed by atoms with van der Waals surface area (Å²) in [5.74, 6) is -0.272. The molecule has 5 heteroatoms. The fourth-order valence-corrected chi connectivity index (χ4v) is 2.38. The molecular weight excluding hydrogens is 301 g/mol. The zero-order valence-corrected chi connectivity index (χ0v) is 11.5. The Morgan fingerprint density at radius 1 is 1.56 bits per heavy atom. The lowest BCUT2D eigenvalue weighted by Gasteiger charge is -2.23. The molecule has 0 aromatic heterocycles. The Balaban J connectivity index is 1.92. The summed E-state index contributed by atoms with van der Waals surface area (Å²) in [6, 6.07) is 4.73. The largest absolute Gasteiger partial charge is 0.375 e. The van der Waals surface area contributed by atoms with Crippen LogP contribution in [0.3, 0.4) is 0 Å². The number of rotatable bonds is 4. The Hall–Kier alpha value is -0.780. The van der Waals surface area contributed by atoms with Crippen molar-refractivity contribution in [2.75, 3.05) is 19.7 Å². The van der Waals surface area contributed by atoms with E-state index < -0.39 is 0 Å². The Labute approximate surface area is 114 Å². The highest BCUT2D eigenvalue weighted by molar-refractivity contribution is 9.10. The van der Waals surface area contributed by atoms with Gasteiger partial charge in [-0.15, -0.1) is 0 Å². The molecule has 0 bridgehead atoms. The molecule has 1 saturated heterocycles. The number of carbonyl (C=O) groups is 1. The van der Waals surface area contributed by atoms with E-state index in [1.807, 2.05) is 0 Å². The molecule has 0 saturated carbocycles. The fraction of sp³-hybridized carbons (Fsp3) is 0.462. The zero-order valence-electron chi connectivity index (χ0n) is 9.92. The third-order valence-electron chi connectivity index (χ3n) is 2.88. The number of hydrogen-bond donors (Lipinski definition) is 1. The number of benzene rings is 1. The highest BCUT2D eigenvalue weighted by atomic mass is 79.9. The standard InChI is InChI=1S/C13H15BrFNO2/c14-13-9(2-1-3-12(13)15)6-10(17)7-11-8-16-4-5-18-11/h1-3,11,16H,4-8H2. The molecule has 1 aliphatic rings. The van der Waals surface area contributed by atoms with Crippen LogP contribution >= 0.6 is 15.9 Å². The summed E-state index contributed by atoms with van der Waals surface area (Å²) in [5.41, 5.74) is 0.684. The lowest BCUT2D eigenvalue weighted by atomic mass is 10.0. The lowest BCUT2D eigenvalue weighted by molar-refractivity contribution is -0.121. The van der Waals surface area contributed by atoms with Crippen LogP contribution in [-0.2, 0) is 16.0 Å². The molecule has 1 fully saturated rings. The van der Waals surface area contributed by atoms with Crippen LogP contribution in [0.2, 0.25) is 0 Å². The van der Waals surface area contributed by atoms with Crippen LogP contribution in [0, 0.1) is 5.82 Å². The van der Waals surface area contributed by atoms with Gasteiger partial charge in [-0.3, -0.25) is 4.79 Å². The van der Waals surface area contributed by atoms with Crippen molar-refractivity contribution in [3.63, 3.8) is 0 Å². The first-order chi connectivity index (χ1) is 8.66. The summed E-state index contributed by atoms with van der Waals surface area (Å²) in [4.78, 5) is 11.9. The minimum atomic E-state index is -0.337. The van der Waals surface area contributed by atoms with E-state index in [1.54, 1.807) is 12.1 Å². The summed E-state index contributed by atoms with van der Waals surface area (Å²) in [6.07, 6.45) is 0.548. The van der Waals surface area contributed by atoms with E-state index in [0.29, 0.717) is 29.6 Å². The molecule has 1 atom stereocenters. The van der Waals surface area contributed by atoms with E-state index in [2.05, 4.69) is 21.2 Å². The maximum atomic E-state index is 13.3. The number of halogens is 2. The van der Waals surface area contributed by atoms with Gasteiger partial charge in [0.1, 0.15) is 11.6 Å². The third kappa shape index (κ3) is 3.60. The molecule has 0 aliphatic carbocycles. The Morgan fingerprint density at radius 3 is 3.11 bits per heavy atom. The van der Waals surface area contributed by atoms with Gasteiger partial charge in [0.25, 0.3) is 0 Å². The third-order valence-corrected chi connectivity index (χ3v) is 3.77. The molecule has 2 rings (SSSR count). The van der Waals surface area contributed by atoms with Crippen LogP contribution in [-0.4, -0.2) is 31.6 Å². The summed E-state index contributed by atoms with van der Waals surface area (Å²) in [6.45, 7) is 2.18. The van der Waals surface area contributed by atoms with Crippen molar-refractivity contribution in [2.45, 2.75) is 18.9 Å². The number of carbonyl (C=O) groups excluding carboxylic acids is 1. The maximum absolute atomic E-state index is 13.3. The Morgan fingerprint density at radius 2 is 2.39 bits per heavy atom. The number of nitrogens with one attached hydrogen (secondary N) is 1. The number of morpholine rings is 1. The van der Waals surface area contributed by atoms with Crippen molar-refractivity contribution in [1.29, 1.82) is 0 Å². The van der Waals surface area contributed by atoms with Crippen molar-refractivity contribution in [3.05, 3.63) is 34.1 Å². The lowest BCUT2D eigenvalue weighted by Crippen LogP contribution is -2.39. The summed E-state index contributed by atoms with van der Waals surface area (Å²) < 4.78 is 19.1. The molecular formula is C13H15BrFNO2. The van der Waals surface area contributed by atoms with Gasteiger partial charge in [-0.25, -0.2) is 4.39 Å². The number of hydrogen-bond acceptors (Lipinski definition) is 3. The van der Waals surface area contributed by atoms with E-state index >= 15 is 0 Å². The second kappa shape index (κ2) is 6.41. The zero-order chi connectivity index (χ0) is 13.0. The van der Waals surface area contributed by atoms with Crippen molar-refractivity contribution in [3.8, 4) is 0 Å². The Kier molecular flexibility index (Phi) is 4.86. The van der Waals surface area contributed by atoms with Gasteiger partial charge in [0.05, 0.1) is 17.2 Å².